The molecular formula is C13H19F3N4. The molecule has 0 aliphatic heterocycles. The minimum Gasteiger partial charge on any atom is -0.384 e. The molecule has 0 saturated heterocycles. The molecule has 7 heteroatoms. The van der Waals surface area contributed by atoms with Crippen molar-refractivity contribution in [3.63, 3.8) is 0 Å². The zero-order chi connectivity index (χ0) is 14.9. The monoisotopic (exact) mass is 288 g/mol. The van der Waals surface area contributed by atoms with E-state index in [-0.39, 0.29) is 17.7 Å². The first kappa shape index (κ1) is 14.9. The molecule has 2 N–H and O–H groups in total. The average molecular weight is 288 g/mol. The van der Waals surface area contributed by atoms with Crippen LogP contribution in [0.4, 0.5) is 24.8 Å². The third-order valence-electron chi connectivity index (χ3n) is 3.91. The Morgan fingerprint density at radius 2 is 1.90 bits per heavy atom. The van der Waals surface area contributed by atoms with Crippen molar-refractivity contribution in [1.29, 1.82) is 0 Å². The largest absolute Gasteiger partial charge is 0.451 e. The predicted molar refractivity (Wildman–Crippen MR) is 71.3 cm³/mol. The molecule has 1 aliphatic carbocycles. The first-order valence-electron chi connectivity index (χ1n) is 6.73. The lowest BCUT2D eigenvalue weighted by Gasteiger charge is -2.37. The van der Waals surface area contributed by atoms with Crippen LogP contribution in [0.2, 0.25) is 0 Å². The van der Waals surface area contributed by atoms with Crippen molar-refractivity contribution in [1.82, 2.24) is 9.97 Å². The van der Waals surface area contributed by atoms with Crippen molar-refractivity contribution in [2.75, 3.05) is 17.7 Å². The molecule has 2 rings (SSSR count). The van der Waals surface area contributed by atoms with E-state index < -0.39 is 12.0 Å². The third kappa shape index (κ3) is 3.13. The lowest BCUT2D eigenvalue weighted by atomic mass is 9.85. The maximum atomic E-state index is 12.7. The van der Waals surface area contributed by atoms with E-state index in [4.69, 9.17) is 5.73 Å². The van der Waals surface area contributed by atoms with Gasteiger partial charge in [0.2, 0.25) is 5.82 Å². The summed E-state index contributed by atoms with van der Waals surface area (Å²) in [5.74, 6) is -0.664. The summed E-state index contributed by atoms with van der Waals surface area (Å²) < 4.78 is 38.2. The summed E-state index contributed by atoms with van der Waals surface area (Å²) in [7, 11) is 1.77. The Kier molecular flexibility index (Phi) is 4.06. The fraction of sp³-hybridized carbons (Fsp3) is 0.692. The van der Waals surface area contributed by atoms with Crippen LogP contribution in [0.1, 0.15) is 38.4 Å². The van der Waals surface area contributed by atoms with Crippen LogP contribution >= 0.6 is 0 Å². The Hall–Kier alpha value is -1.53. The Bertz CT molecular complexity index is 475. The van der Waals surface area contributed by atoms with Crippen molar-refractivity contribution < 1.29 is 13.2 Å². The second kappa shape index (κ2) is 5.46. The van der Waals surface area contributed by atoms with Gasteiger partial charge in [-0.25, -0.2) is 9.97 Å². The van der Waals surface area contributed by atoms with E-state index in [9.17, 15) is 13.2 Å². The van der Waals surface area contributed by atoms with Gasteiger partial charge in [0, 0.05) is 19.2 Å². The van der Waals surface area contributed by atoms with Gasteiger partial charge < -0.3 is 10.6 Å². The van der Waals surface area contributed by atoms with Crippen molar-refractivity contribution in [3.8, 4) is 0 Å². The summed E-state index contributed by atoms with van der Waals surface area (Å²) in [5.41, 5.74) is 5.48. The molecule has 0 amide bonds. The summed E-state index contributed by atoms with van der Waals surface area (Å²) in [6.45, 7) is 2.12. The number of anilines is 2. The summed E-state index contributed by atoms with van der Waals surface area (Å²) in [4.78, 5) is 8.69. The number of hydrogen-bond acceptors (Lipinski definition) is 4. The normalized spacial score (nSPS) is 23.6. The van der Waals surface area contributed by atoms with Crippen LogP contribution in [0.15, 0.2) is 6.07 Å². The van der Waals surface area contributed by atoms with Gasteiger partial charge in [-0.1, -0.05) is 19.8 Å². The summed E-state index contributed by atoms with van der Waals surface area (Å²) in [6, 6.07) is 1.59. The van der Waals surface area contributed by atoms with Crippen LogP contribution in [0.25, 0.3) is 0 Å². The van der Waals surface area contributed by atoms with E-state index in [0.717, 1.165) is 19.3 Å². The highest BCUT2D eigenvalue weighted by molar-refractivity contribution is 5.47. The van der Waals surface area contributed by atoms with Gasteiger partial charge in [0.05, 0.1) is 0 Å². The number of alkyl halides is 3. The van der Waals surface area contributed by atoms with Gasteiger partial charge in [-0.05, 0) is 18.8 Å². The molecule has 20 heavy (non-hydrogen) atoms. The zero-order valence-corrected chi connectivity index (χ0v) is 11.6. The third-order valence-corrected chi connectivity index (χ3v) is 3.91. The Balaban J connectivity index is 2.29. The molecule has 2 unspecified atom stereocenters. The van der Waals surface area contributed by atoms with Crippen LogP contribution in [0, 0.1) is 5.92 Å². The van der Waals surface area contributed by atoms with Crippen LogP contribution in [-0.2, 0) is 6.18 Å². The average Bonchev–Trinajstić information content (AvgIpc) is 2.37. The number of nitrogens with two attached hydrogens (primary N) is 1. The molecular weight excluding hydrogens is 269 g/mol. The molecule has 1 heterocycles. The van der Waals surface area contributed by atoms with Gasteiger partial charge in [0.15, 0.2) is 0 Å². The molecule has 1 aliphatic rings. The molecule has 0 spiro atoms. The first-order chi connectivity index (χ1) is 9.29. The maximum absolute atomic E-state index is 12.7. The van der Waals surface area contributed by atoms with Gasteiger partial charge in [-0.2, -0.15) is 13.2 Å². The molecule has 4 nitrogen and oxygen atoms in total. The summed E-state index contributed by atoms with van der Waals surface area (Å²) in [5, 5.41) is 0. The smallest absolute Gasteiger partial charge is 0.384 e. The summed E-state index contributed by atoms with van der Waals surface area (Å²) >= 11 is 0. The van der Waals surface area contributed by atoms with E-state index in [1.807, 2.05) is 0 Å². The van der Waals surface area contributed by atoms with Crippen LogP contribution in [0.3, 0.4) is 0 Å². The van der Waals surface area contributed by atoms with Crippen molar-refractivity contribution in [2.45, 2.75) is 44.8 Å². The molecule has 1 aromatic rings. The molecule has 1 fully saturated rings. The van der Waals surface area contributed by atoms with Crippen LogP contribution < -0.4 is 10.6 Å². The lowest BCUT2D eigenvalue weighted by molar-refractivity contribution is -0.144. The number of halogens is 3. The van der Waals surface area contributed by atoms with E-state index >= 15 is 0 Å². The highest BCUT2D eigenvalue weighted by atomic mass is 19.4. The minimum atomic E-state index is -4.58. The van der Waals surface area contributed by atoms with Crippen LogP contribution in [-0.4, -0.2) is 23.1 Å². The molecule has 1 saturated carbocycles. The maximum Gasteiger partial charge on any atom is 0.451 e. The Labute approximate surface area is 116 Å². The lowest BCUT2D eigenvalue weighted by Crippen LogP contribution is -2.39. The standard InChI is InChI=1S/C13H19F3N4/c1-8-5-3-4-6-9(8)20(2)11-7-10(17)18-12(19-11)13(14,15)16/h7-9H,3-6H2,1-2H3,(H2,17,18,19). The molecule has 0 radical (unpaired) electrons. The highest BCUT2D eigenvalue weighted by Gasteiger charge is 2.36. The van der Waals surface area contributed by atoms with Crippen molar-refractivity contribution >= 4 is 11.6 Å². The van der Waals surface area contributed by atoms with Gasteiger partial charge >= 0.3 is 6.18 Å². The molecule has 1 aromatic heterocycles. The topological polar surface area (TPSA) is 55.0 Å². The van der Waals surface area contributed by atoms with Gasteiger partial charge in [0.1, 0.15) is 11.6 Å². The van der Waals surface area contributed by atoms with Gasteiger partial charge in [-0.3, -0.25) is 0 Å². The molecule has 0 bridgehead atoms. The van der Waals surface area contributed by atoms with Gasteiger partial charge in [-0.15, -0.1) is 0 Å². The number of rotatable bonds is 2. The van der Waals surface area contributed by atoms with E-state index in [0.29, 0.717) is 5.92 Å². The number of nitrogens with zero attached hydrogens (tertiary/aromatic N) is 3. The van der Waals surface area contributed by atoms with Crippen LogP contribution in [0.5, 0.6) is 0 Å². The SMILES string of the molecule is CC1CCCCC1N(C)c1cc(N)nc(C(F)(F)F)n1. The number of nitrogen functional groups attached to an aromatic ring is 1. The van der Waals surface area contributed by atoms with Crippen molar-refractivity contribution in [3.05, 3.63) is 11.9 Å². The molecule has 112 valence electrons. The minimum absolute atomic E-state index is 0.155. The highest BCUT2D eigenvalue weighted by Crippen LogP contribution is 2.32. The van der Waals surface area contributed by atoms with E-state index in [2.05, 4.69) is 16.9 Å². The van der Waals surface area contributed by atoms with E-state index in [1.165, 1.54) is 12.5 Å². The fourth-order valence-electron chi connectivity index (χ4n) is 2.80. The second-order valence-electron chi connectivity index (χ2n) is 5.41. The fourth-order valence-corrected chi connectivity index (χ4v) is 2.80. The van der Waals surface area contributed by atoms with Crippen molar-refractivity contribution in [2.24, 2.45) is 5.92 Å². The number of hydrogen-bond donors (Lipinski definition) is 1. The van der Waals surface area contributed by atoms with E-state index in [1.54, 1.807) is 11.9 Å². The Morgan fingerprint density at radius 3 is 2.50 bits per heavy atom. The molecule has 0 aromatic carbocycles. The molecule has 2 atom stereocenters. The second-order valence-corrected chi connectivity index (χ2v) is 5.41. The summed E-state index contributed by atoms with van der Waals surface area (Å²) in [6.07, 6.45) is -0.273. The predicted octanol–water partition coefficient (Wildman–Crippen LogP) is 3.09. The number of aromatic nitrogens is 2. The quantitative estimate of drug-likeness (QED) is 0.908. The Morgan fingerprint density at radius 1 is 1.25 bits per heavy atom. The zero-order valence-electron chi connectivity index (χ0n) is 11.6. The van der Waals surface area contributed by atoms with Gasteiger partial charge in [0.25, 0.3) is 0 Å². The first-order valence-corrected chi connectivity index (χ1v) is 6.73.